The second-order valence-electron chi connectivity index (χ2n) is 2.27. The molecule has 1 aromatic rings. The van der Waals surface area contributed by atoms with Crippen molar-refractivity contribution in [2.24, 2.45) is 0 Å². The summed E-state index contributed by atoms with van der Waals surface area (Å²) in [5.74, 6) is 1.32. The lowest BCUT2D eigenvalue weighted by atomic mass is 10.2. The van der Waals surface area contributed by atoms with Crippen LogP contribution in [-0.2, 0) is 6.42 Å². The second-order valence-corrected chi connectivity index (χ2v) is 2.27. The summed E-state index contributed by atoms with van der Waals surface area (Å²) in [6.45, 7) is 2.05. The number of methoxy groups -OCH3 is 1. The van der Waals surface area contributed by atoms with Crippen LogP contribution < -0.4 is 10.5 Å². The van der Waals surface area contributed by atoms with Crippen LogP contribution in [0.1, 0.15) is 12.5 Å². The van der Waals surface area contributed by atoms with Crippen LogP contribution in [0.3, 0.4) is 0 Å². The number of hydrogen-bond acceptors (Lipinski definition) is 3. The molecule has 1 heterocycles. The summed E-state index contributed by atoms with van der Waals surface area (Å²) in [4.78, 5) is 3.96. The van der Waals surface area contributed by atoms with Crippen molar-refractivity contribution in [1.29, 1.82) is 0 Å². The molecule has 0 unspecified atom stereocenters. The normalized spacial score (nSPS) is 9.64. The van der Waals surface area contributed by atoms with E-state index in [4.69, 9.17) is 10.5 Å². The highest BCUT2D eigenvalue weighted by molar-refractivity contribution is 5.41. The molecule has 0 saturated carbocycles. The van der Waals surface area contributed by atoms with Gasteiger partial charge >= 0.3 is 0 Å². The Labute approximate surface area is 66.2 Å². The third-order valence-corrected chi connectivity index (χ3v) is 1.57. The monoisotopic (exact) mass is 152 g/mol. The van der Waals surface area contributed by atoms with E-state index < -0.39 is 0 Å². The van der Waals surface area contributed by atoms with Gasteiger partial charge in [-0.15, -0.1) is 0 Å². The molecular formula is C8H12N2O. The lowest BCUT2D eigenvalue weighted by molar-refractivity contribution is 0.410. The van der Waals surface area contributed by atoms with Gasteiger partial charge in [-0.1, -0.05) is 6.92 Å². The van der Waals surface area contributed by atoms with Crippen LogP contribution in [0.5, 0.6) is 5.75 Å². The zero-order valence-electron chi connectivity index (χ0n) is 6.79. The predicted octanol–water partition coefficient (Wildman–Crippen LogP) is 1.23. The van der Waals surface area contributed by atoms with Crippen molar-refractivity contribution < 1.29 is 4.74 Å². The minimum absolute atomic E-state index is 0.499. The number of ether oxygens (including phenoxy) is 1. The Balaban J connectivity index is 3.06. The maximum Gasteiger partial charge on any atom is 0.127 e. The first-order chi connectivity index (χ1) is 5.27. The Morgan fingerprint density at radius 2 is 2.36 bits per heavy atom. The fourth-order valence-electron chi connectivity index (χ4n) is 0.936. The quantitative estimate of drug-likeness (QED) is 0.693. The summed E-state index contributed by atoms with van der Waals surface area (Å²) >= 11 is 0. The Bertz CT molecular complexity index is 248. The first kappa shape index (κ1) is 7.85. The highest BCUT2D eigenvalue weighted by Crippen LogP contribution is 2.19. The summed E-state index contributed by atoms with van der Waals surface area (Å²) in [5, 5.41) is 0. The van der Waals surface area contributed by atoms with E-state index in [0.29, 0.717) is 5.82 Å². The maximum absolute atomic E-state index is 5.47. The van der Waals surface area contributed by atoms with E-state index in [-0.39, 0.29) is 0 Å². The Morgan fingerprint density at radius 3 is 2.91 bits per heavy atom. The molecule has 0 bridgehead atoms. The van der Waals surface area contributed by atoms with Gasteiger partial charge in [0.2, 0.25) is 0 Å². The molecular weight excluding hydrogens is 140 g/mol. The van der Waals surface area contributed by atoms with E-state index in [1.807, 2.05) is 0 Å². The van der Waals surface area contributed by atoms with Crippen molar-refractivity contribution >= 4 is 5.82 Å². The fourth-order valence-corrected chi connectivity index (χ4v) is 0.936. The molecule has 0 aliphatic heterocycles. The smallest absolute Gasteiger partial charge is 0.127 e. The number of nitrogens with two attached hydrogens (primary N) is 1. The van der Waals surface area contributed by atoms with Gasteiger partial charge in [0.1, 0.15) is 11.6 Å². The van der Waals surface area contributed by atoms with Crippen LogP contribution in [-0.4, -0.2) is 12.1 Å². The number of nitrogen functional groups attached to an aromatic ring is 1. The SMILES string of the molecule is CCc1cnc(N)cc1OC. The van der Waals surface area contributed by atoms with E-state index in [0.717, 1.165) is 17.7 Å². The number of aryl methyl sites for hydroxylation is 1. The third-order valence-electron chi connectivity index (χ3n) is 1.57. The van der Waals surface area contributed by atoms with Crippen molar-refractivity contribution in [3.05, 3.63) is 17.8 Å². The summed E-state index contributed by atoms with van der Waals surface area (Å²) in [6.07, 6.45) is 2.66. The topological polar surface area (TPSA) is 48.1 Å². The molecule has 2 N–H and O–H groups in total. The number of pyridine rings is 1. The van der Waals surface area contributed by atoms with Gasteiger partial charge in [0.25, 0.3) is 0 Å². The number of aromatic nitrogens is 1. The number of rotatable bonds is 2. The molecule has 0 aromatic carbocycles. The van der Waals surface area contributed by atoms with Crippen LogP contribution in [0, 0.1) is 0 Å². The van der Waals surface area contributed by atoms with Crippen LogP contribution in [0.15, 0.2) is 12.3 Å². The molecule has 0 aliphatic carbocycles. The average Bonchev–Trinajstić information content (AvgIpc) is 2.04. The van der Waals surface area contributed by atoms with Gasteiger partial charge in [0, 0.05) is 17.8 Å². The van der Waals surface area contributed by atoms with E-state index in [1.54, 1.807) is 19.4 Å². The third kappa shape index (κ3) is 1.61. The molecule has 0 radical (unpaired) electrons. The molecule has 1 aromatic heterocycles. The summed E-state index contributed by atoms with van der Waals surface area (Å²) in [6, 6.07) is 1.73. The second kappa shape index (κ2) is 3.23. The number of anilines is 1. The van der Waals surface area contributed by atoms with E-state index >= 15 is 0 Å². The first-order valence-corrected chi connectivity index (χ1v) is 3.56. The molecule has 0 fully saturated rings. The summed E-state index contributed by atoms with van der Waals surface area (Å²) < 4.78 is 5.10. The molecule has 0 saturated heterocycles. The van der Waals surface area contributed by atoms with Crippen LogP contribution in [0.2, 0.25) is 0 Å². The van der Waals surface area contributed by atoms with Gasteiger partial charge in [-0.25, -0.2) is 4.98 Å². The standard InChI is InChI=1S/C8H12N2O/c1-3-6-5-10-8(9)4-7(6)11-2/h4-5H,3H2,1-2H3,(H2,9,10). The Morgan fingerprint density at radius 1 is 1.64 bits per heavy atom. The molecule has 0 spiro atoms. The van der Waals surface area contributed by atoms with Crippen molar-refractivity contribution in [2.75, 3.05) is 12.8 Å². The zero-order valence-corrected chi connectivity index (χ0v) is 6.79. The highest BCUT2D eigenvalue weighted by Gasteiger charge is 2.00. The molecule has 0 aliphatic rings. The fraction of sp³-hybridized carbons (Fsp3) is 0.375. The largest absolute Gasteiger partial charge is 0.496 e. The maximum atomic E-state index is 5.47. The molecule has 60 valence electrons. The van der Waals surface area contributed by atoms with Gasteiger partial charge in [-0.05, 0) is 6.42 Å². The molecule has 3 nitrogen and oxygen atoms in total. The molecule has 3 heteroatoms. The number of nitrogens with zero attached hydrogens (tertiary/aromatic N) is 1. The predicted molar refractivity (Wildman–Crippen MR) is 44.6 cm³/mol. The molecule has 11 heavy (non-hydrogen) atoms. The van der Waals surface area contributed by atoms with E-state index in [2.05, 4.69) is 11.9 Å². The lowest BCUT2D eigenvalue weighted by Crippen LogP contribution is -1.95. The van der Waals surface area contributed by atoms with Gasteiger partial charge in [-0.3, -0.25) is 0 Å². The van der Waals surface area contributed by atoms with Crippen LogP contribution in [0.25, 0.3) is 0 Å². The number of hydrogen-bond donors (Lipinski definition) is 1. The van der Waals surface area contributed by atoms with Gasteiger partial charge in [0.05, 0.1) is 7.11 Å². The highest BCUT2D eigenvalue weighted by atomic mass is 16.5. The molecule has 1 rings (SSSR count). The van der Waals surface area contributed by atoms with Crippen molar-refractivity contribution in [3.63, 3.8) is 0 Å². The van der Waals surface area contributed by atoms with Gasteiger partial charge in [0.15, 0.2) is 0 Å². The van der Waals surface area contributed by atoms with Gasteiger partial charge < -0.3 is 10.5 Å². The molecule has 0 atom stereocenters. The Kier molecular flexibility index (Phi) is 2.31. The van der Waals surface area contributed by atoms with Crippen LogP contribution in [0.4, 0.5) is 5.82 Å². The van der Waals surface area contributed by atoms with E-state index in [9.17, 15) is 0 Å². The molecule has 0 amide bonds. The average molecular weight is 152 g/mol. The Hall–Kier alpha value is -1.25. The lowest BCUT2D eigenvalue weighted by Gasteiger charge is -2.05. The zero-order chi connectivity index (χ0) is 8.27. The first-order valence-electron chi connectivity index (χ1n) is 3.56. The minimum atomic E-state index is 0.499. The van der Waals surface area contributed by atoms with E-state index in [1.165, 1.54) is 0 Å². The van der Waals surface area contributed by atoms with Crippen LogP contribution >= 0.6 is 0 Å². The summed E-state index contributed by atoms with van der Waals surface area (Å²) in [5.41, 5.74) is 6.55. The minimum Gasteiger partial charge on any atom is -0.496 e. The van der Waals surface area contributed by atoms with Crippen molar-refractivity contribution in [1.82, 2.24) is 4.98 Å². The van der Waals surface area contributed by atoms with Crippen molar-refractivity contribution in [3.8, 4) is 5.75 Å². The van der Waals surface area contributed by atoms with Gasteiger partial charge in [-0.2, -0.15) is 0 Å². The van der Waals surface area contributed by atoms with Crippen molar-refractivity contribution in [2.45, 2.75) is 13.3 Å². The summed E-state index contributed by atoms with van der Waals surface area (Å²) in [7, 11) is 1.63.